The Labute approximate surface area is 95.7 Å². The zero-order chi connectivity index (χ0) is 12.7. The third-order valence-corrected chi connectivity index (χ3v) is 2.70. The number of rotatable bonds is 1. The van der Waals surface area contributed by atoms with Crippen LogP contribution in [0.25, 0.3) is 0 Å². The summed E-state index contributed by atoms with van der Waals surface area (Å²) in [5.41, 5.74) is 1.03. The van der Waals surface area contributed by atoms with Gasteiger partial charge in [0.1, 0.15) is 11.5 Å². The number of benzene rings is 1. The molecular weight excluding hydrogens is 204 g/mol. The van der Waals surface area contributed by atoms with Gasteiger partial charge in [-0.3, -0.25) is 4.79 Å². The summed E-state index contributed by atoms with van der Waals surface area (Å²) in [6.45, 7) is 8.84. The monoisotopic (exact) mass is 222 g/mol. The number of aromatic hydroxyl groups is 2. The number of ketones is 1. The first-order chi connectivity index (χ1) is 7.16. The summed E-state index contributed by atoms with van der Waals surface area (Å²) >= 11 is 0. The van der Waals surface area contributed by atoms with Gasteiger partial charge >= 0.3 is 0 Å². The van der Waals surface area contributed by atoms with E-state index >= 15 is 0 Å². The summed E-state index contributed by atoms with van der Waals surface area (Å²) in [6.07, 6.45) is 0. The van der Waals surface area contributed by atoms with E-state index in [0.29, 0.717) is 11.1 Å². The maximum absolute atomic E-state index is 11.4. The molecule has 1 rings (SSSR count). The lowest BCUT2D eigenvalue weighted by Crippen LogP contribution is -2.13. The number of phenols is 2. The molecule has 0 saturated heterocycles. The van der Waals surface area contributed by atoms with E-state index < -0.39 is 0 Å². The van der Waals surface area contributed by atoms with Crippen molar-refractivity contribution in [2.45, 2.75) is 40.0 Å². The molecule has 0 amide bonds. The SMILES string of the molecule is CC(=O)c1cc(C(C)(C)C)c(O)c(C)c1O. The first-order valence-corrected chi connectivity index (χ1v) is 5.23. The Morgan fingerprint density at radius 1 is 1.19 bits per heavy atom. The highest BCUT2D eigenvalue weighted by Gasteiger charge is 2.24. The minimum absolute atomic E-state index is 0.0648. The first-order valence-electron chi connectivity index (χ1n) is 5.23. The fourth-order valence-electron chi connectivity index (χ4n) is 1.64. The van der Waals surface area contributed by atoms with Gasteiger partial charge in [-0.25, -0.2) is 0 Å². The Hall–Kier alpha value is -1.51. The molecule has 3 heteroatoms. The topological polar surface area (TPSA) is 57.5 Å². The molecule has 3 nitrogen and oxygen atoms in total. The molecule has 1 aromatic carbocycles. The quantitative estimate of drug-likeness (QED) is 0.718. The van der Waals surface area contributed by atoms with Gasteiger partial charge in [0, 0.05) is 11.1 Å². The van der Waals surface area contributed by atoms with Gasteiger partial charge in [-0.2, -0.15) is 0 Å². The molecule has 0 aliphatic rings. The zero-order valence-electron chi connectivity index (χ0n) is 10.4. The van der Waals surface area contributed by atoms with Gasteiger partial charge in [0.25, 0.3) is 0 Å². The molecule has 0 bridgehead atoms. The summed E-state index contributed by atoms with van der Waals surface area (Å²) in [7, 11) is 0. The van der Waals surface area contributed by atoms with E-state index in [-0.39, 0.29) is 28.3 Å². The van der Waals surface area contributed by atoms with E-state index in [1.165, 1.54) is 6.92 Å². The van der Waals surface area contributed by atoms with Crippen LogP contribution in [-0.2, 0) is 5.41 Å². The van der Waals surface area contributed by atoms with Crippen LogP contribution in [0.1, 0.15) is 49.2 Å². The van der Waals surface area contributed by atoms with Crippen LogP contribution >= 0.6 is 0 Å². The Balaban J connectivity index is 3.61. The minimum atomic E-state index is -0.271. The molecule has 0 atom stereocenters. The van der Waals surface area contributed by atoms with Crippen LogP contribution < -0.4 is 0 Å². The molecule has 88 valence electrons. The van der Waals surface area contributed by atoms with Gasteiger partial charge in [0.2, 0.25) is 0 Å². The summed E-state index contributed by atoms with van der Waals surface area (Å²) < 4.78 is 0. The van der Waals surface area contributed by atoms with Crippen LogP contribution in [0.2, 0.25) is 0 Å². The highest BCUT2D eigenvalue weighted by Crippen LogP contribution is 2.39. The predicted molar refractivity (Wildman–Crippen MR) is 63.2 cm³/mol. The van der Waals surface area contributed by atoms with Crippen molar-refractivity contribution in [3.8, 4) is 11.5 Å². The van der Waals surface area contributed by atoms with Crippen molar-refractivity contribution in [1.29, 1.82) is 0 Å². The Bertz CT molecular complexity index is 439. The third-order valence-electron chi connectivity index (χ3n) is 2.70. The van der Waals surface area contributed by atoms with Crippen LogP contribution in [0.15, 0.2) is 6.07 Å². The molecule has 0 radical (unpaired) electrons. The van der Waals surface area contributed by atoms with Gasteiger partial charge in [-0.05, 0) is 25.3 Å². The molecule has 0 aliphatic carbocycles. The lowest BCUT2D eigenvalue weighted by Gasteiger charge is -2.23. The van der Waals surface area contributed by atoms with E-state index in [4.69, 9.17) is 0 Å². The Morgan fingerprint density at radius 2 is 1.69 bits per heavy atom. The number of Topliss-reactive ketones (excluding diaryl/α,β-unsaturated/α-hetero) is 1. The maximum atomic E-state index is 11.4. The van der Waals surface area contributed by atoms with Gasteiger partial charge in [-0.15, -0.1) is 0 Å². The molecule has 0 spiro atoms. The van der Waals surface area contributed by atoms with E-state index in [1.54, 1.807) is 13.0 Å². The average molecular weight is 222 g/mol. The zero-order valence-corrected chi connectivity index (χ0v) is 10.4. The molecule has 0 saturated carbocycles. The largest absolute Gasteiger partial charge is 0.507 e. The average Bonchev–Trinajstić information content (AvgIpc) is 2.11. The first kappa shape index (κ1) is 12.6. The number of hydrogen-bond donors (Lipinski definition) is 2. The molecule has 16 heavy (non-hydrogen) atoms. The Kier molecular flexibility index (Phi) is 2.99. The van der Waals surface area contributed by atoms with E-state index in [2.05, 4.69) is 0 Å². The molecule has 1 aromatic rings. The van der Waals surface area contributed by atoms with Crippen molar-refractivity contribution >= 4 is 5.78 Å². The van der Waals surface area contributed by atoms with Gasteiger partial charge in [-0.1, -0.05) is 20.8 Å². The van der Waals surface area contributed by atoms with Crippen molar-refractivity contribution < 1.29 is 15.0 Å². The standard InChI is InChI=1S/C13H18O3/c1-7-11(15)9(8(2)14)6-10(12(7)16)13(3,4)5/h6,15-16H,1-5H3. The molecule has 0 aliphatic heterocycles. The van der Waals surface area contributed by atoms with Crippen molar-refractivity contribution in [2.75, 3.05) is 0 Å². The van der Waals surface area contributed by atoms with E-state index in [1.807, 2.05) is 20.8 Å². The lowest BCUT2D eigenvalue weighted by atomic mass is 9.83. The van der Waals surface area contributed by atoms with Gasteiger partial charge in [0.05, 0.1) is 5.56 Å². The summed E-state index contributed by atoms with van der Waals surface area (Å²) in [6, 6.07) is 1.57. The van der Waals surface area contributed by atoms with Crippen LogP contribution in [0.3, 0.4) is 0 Å². The molecule has 0 fully saturated rings. The predicted octanol–water partition coefficient (Wildman–Crippen LogP) is 2.91. The normalized spacial score (nSPS) is 11.6. The second kappa shape index (κ2) is 3.81. The lowest BCUT2D eigenvalue weighted by molar-refractivity contribution is 0.101. The molecule has 0 unspecified atom stereocenters. The second-order valence-corrected chi connectivity index (χ2v) is 5.10. The molecule has 0 aromatic heterocycles. The summed E-state index contributed by atoms with van der Waals surface area (Å²) in [4.78, 5) is 11.4. The fourth-order valence-corrected chi connectivity index (χ4v) is 1.64. The van der Waals surface area contributed by atoms with E-state index in [0.717, 1.165) is 0 Å². The van der Waals surface area contributed by atoms with Crippen molar-refractivity contribution in [1.82, 2.24) is 0 Å². The number of carbonyl (C=O) groups excluding carboxylic acids is 1. The maximum Gasteiger partial charge on any atom is 0.163 e. The van der Waals surface area contributed by atoms with Gasteiger partial charge in [0.15, 0.2) is 5.78 Å². The molecular formula is C13H18O3. The fraction of sp³-hybridized carbons (Fsp3) is 0.462. The van der Waals surface area contributed by atoms with Crippen molar-refractivity contribution in [3.63, 3.8) is 0 Å². The van der Waals surface area contributed by atoms with Crippen molar-refractivity contribution in [3.05, 3.63) is 22.8 Å². The minimum Gasteiger partial charge on any atom is -0.507 e. The number of carbonyl (C=O) groups is 1. The number of hydrogen-bond acceptors (Lipinski definition) is 3. The summed E-state index contributed by atoms with van der Waals surface area (Å²) in [5, 5.41) is 19.7. The molecule has 2 N–H and O–H groups in total. The van der Waals surface area contributed by atoms with Crippen LogP contribution in [0.4, 0.5) is 0 Å². The Morgan fingerprint density at radius 3 is 2.06 bits per heavy atom. The highest BCUT2D eigenvalue weighted by molar-refractivity contribution is 5.97. The van der Waals surface area contributed by atoms with Crippen LogP contribution in [-0.4, -0.2) is 16.0 Å². The summed E-state index contributed by atoms with van der Waals surface area (Å²) in [5.74, 6) is -0.265. The van der Waals surface area contributed by atoms with Crippen LogP contribution in [0.5, 0.6) is 11.5 Å². The van der Waals surface area contributed by atoms with Gasteiger partial charge < -0.3 is 10.2 Å². The van der Waals surface area contributed by atoms with Crippen LogP contribution in [0, 0.1) is 6.92 Å². The van der Waals surface area contributed by atoms with Crippen molar-refractivity contribution in [2.24, 2.45) is 0 Å². The number of phenolic OH excluding ortho intramolecular Hbond substituents is 2. The smallest absolute Gasteiger partial charge is 0.163 e. The van der Waals surface area contributed by atoms with E-state index in [9.17, 15) is 15.0 Å². The highest BCUT2D eigenvalue weighted by atomic mass is 16.3. The third kappa shape index (κ3) is 2.03. The molecule has 0 heterocycles. The second-order valence-electron chi connectivity index (χ2n) is 5.10.